The van der Waals surface area contributed by atoms with Crippen molar-refractivity contribution in [1.82, 2.24) is 10.3 Å². The van der Waals surface area contributed by atoms with Gasteiger partial charge >= 0.3 is 6.09 Å². The molecule has 1 heterocycles. The molecule has 0 fully saturated rings. The lowest BCUT2D eigenvalue weighted by atomic mass is 10.1. The van der Waals surface area contributed by atoms with Gasteiger partial charge in [0.15, 0.2) is 11.7 Å². The molecule has 0 aliphatic carbocycles. The van der Waals surface area contributed by atoms with E-state index in [0.29, 0.717) is 5.01 Å². The molecule has 1 atom stereocenters. The average Bonchev–Trinajstić information content (AvgIpc) is 2.87. The van der Waals surface area contributed by atoms with Crippen LogP contribution in [0.15, 0.2) is 24.3 Å². The van der Waals surface area contributed by atoms with E-state index in [4.69, 9.17) is 4.74 Å². The average molecular weight is 331 g/mol. The summed E-state index contributed by atoms with van der Waals surface area (Å²) in [6.07, 6.45) is -0.688. The molecule has 1 amide bonds. The zero-order valence-corrected chi connectivity index (χ0v) is 13.9. The standard InChI is InChI=1S/C16H17N3O3S/c1-16(2,3)22-15(21)18-9-12(20)10(8-17)14-19-11-6-4-5-7-13(11)23-14/h4-7,10H,9H2,1-3H3,(H,18,21)/t10-/m1/s1. The van der Waals surface area contributed by atoms with Gasteiger partial charge in [0, 0.05) is 0 Å². The quantitative estimate of drug-likeness (QED) is 0.929. The SMILES string of the molecule is CC(C)(C)OC(=O)NCC(=O)[C@@H](C#N)c1nc2ccccc2s1. The monoisotopic (exact) mass is 331 g/mol. The van der Waals surface area contributed by atoms with E-state index in [9.17, 15) is 14.9 Å². The highest BCUT2D eigenvalue weighted by atomic mass is 32.1. The lowest BCUT2D eigenvalue weighted by Crippen LogP contribution is -2.36. The summed E-state index contributed by atoms with van der Waals surface area (Å²) in [6.45, 7) is 4.91. The molecule has 1 aromatic heterocycles. The molecule has 0 radical (unpaired) electrons. The van der Waals surface area contributed by atoms with Gasteiger partial charge in [-0.15, -0.1) is 11.3 Å². The molecule has 23 heavy (non-hydrogen) atoms. The van der Waals surface area contributed by atoms with Gasteiger partial charge in [0.2, 0.25) is 0 Å². The minimum Gasteiger partial charge on any atom is -0.444 e. The number of rotatable bonds is 4. The number of aromatic nitrogens is 1. The van der Waals surface area contributed by atoms with E-state index in [1.165, 1.54) is 11.3 Å². The van der Waals surface area contributed by atoms with Crippen LogP contribution < -0.4 is 5.32 Å². The fraction of sp³-hybridized carbons (Fsp3) is 0.375. The molecular weight excluding hydrogens is 314 g/mol. The Hall–Kier alpha value is -2.46. The number of ketones is 1. The lowest BCUT2D eigenvalue weighted by molar-refractivity contribution is -0.118. The number of carbonyl (C=O) groups excluding carboxylic acids is 2. The number of Topliss-reactive ketones (excluding diaryl/α,β-unsaturated/α-hetero) is 1. The molecule has 7 heteroatoms. The minimum atomic E-state index is -0.998. The summed E-state index contributed by atoms with van der Waals surface area (Å²) in [5, 5.41) is 12.1. The largest absolute Gasteiger partial charge is 0.444 e. The number of carbonyl (C=O) groups is 2. The number of alkyl carbamates (subject to hydrolysis) is 1. The Morgan fingerprint density at radius 3 is 2.70 bits per heavy atom. The number of thiazole rings is 1. The van der Waals surface area contributed by atoms with Gasteiger partial charge in [-0.1, -0.05) is 12.1 Å². The van der Waals surface area contributed by atoms with Crippen LogP contribution in [-0.4, -0.2) is 29.0 Å². The minimum absolute atomic E-state index is 0.275. The smallest absolute Gasteiger partial charge is 0.408 e. The second-order valence-corrected chi connectivity index (χ2v) is 6.97. The van der Waals surface area contributed by atoms with E-state index in [1.807, 2.05) is 30.3 Å². The third-order valence-corrected chi connectivity index (χ3v) is 3.92. The van der Waals surface area contributed by atoms with E-state index in [1.54, 1.807) is 20.8 Å². The summed E-state index contributed by atoms with van der Waals surface area (Å²) < 4.78 is 5.97. The van der Waals surface area contributed by atoms with E-state index < -0.39 is 23.4 Å². The van der Waals surface area contributed by atoms with Crippen LogP contribution in [0.4, 0.5) is 4.79 Å². The first-order chi connectivity index (χ1) is 10.8. The van der Waals surface area contributed by atoms with Gasteiger partial charge in [0.05, 0.1) is 22.8 Å². The summed E-state index contributed by atoms with van der Waals surface area (Å²) in [4.78, 5) is 28.1. The topological polar surface area (TPSA) is 92.1 Å². The third-order valence-electron chi connectivity index (χ3n) is 2.81. The van der Waals surface area contributed by atoms with Crippen molar-refractivity contribution in [2.45, 2.75) is 32.3 Å². The van der Waals surface area contributed by atoms with Crippen molar-refractivity contribution in [1.29, 1.82) is 5.26 Å². The Labute approximate surface area is 138 Å². The van der Waals surface area contributed by atoms with Crippen LogP contribution >= 0.6 is 11.3 Å². The third kappa shape index (κ3) is 4.50. The summed E-state index contributed by atoms with van der Waals surface area (Å²) in [5.74, 6) is -1.42. The summed E-state index contributed by atoms with van der Waals surface area (Å²) in [7, 11) is 0. The molecule has 1 N–H and O–H groups in total. The molecule has 0 spiro atoms. The van der Waals surface area contributed by atoms with Crippen molar-refractivity contribution >= 4 is 33.4 Å². The number of hydrogen-bond donors (Lipinski definition) is 1. The number of benzene rings is 1. The lowest BCUT2D eigenvalue weighted by Gasteiger charge is -2.19. The molecule has 0 saturated carbocycles. The first-order valence-corrected chi connectivity index (χ1v) is 7.86. The number of hydrogen-bond acceptors (Lipinski definition) is 6. The molecule has 2 aromatic rings. The summed E-state index contributed by atoms with van der Waals surface area (Å²) >= 11 is 1.30. The molecule has 6 nitrogen and oxygen atoms in total. The van der Waals surface area contributed by atoms with Gasteiger partial charge in [-0.25, -0.2) is 9.78 Å². The molecule has 120 valence electrons. The van der Waals surface area contributed by atoms with Crippen molar-refractivity contribution in [3.8, 4) is 6.07 Å². The molecule has 0 bridgehead atoms. The summed E-state index contributed by atoms with van der Waals surface area (Å²) in [6, 6.07) is 9.39. The van der Waals surface area contributed by atoms with Crippen molar-refractivity contribution in [3.05, 3.63) is 29.3 Å². The Kier molecular flexibility index (Phi) is 4.96. The van der Waals surface area contributed by atoms with Gasteiger partial charge in [-0.3, -0.25) is 4.79 Å². The molecule has 1 aromatic carbocycles. The van der Waals surface area contributed by atoms with Crippen molar-refractivity contribution in [2.75, 3.05) is 6.54 Å². The van der Waals surface area contributed by atoms with Crippen molar-refractivity contribution < 1.29 is 14.3 Å². The first-order valence-electron chi connectivity index (χ1n) is 7.05. The maximum atomic E-state index is 12.2. The maximum absolute atomic E-state index is 12.2. The van der Waals surface area contributed by atoms with Crippen molar-refractivity contribution in [3.63, 3.8) is 0 Å². The summed E-state index contributed by atoms with van der Waals surface area (Å²) in [5.41, 5.74) is 0.107. The second-order valence-electron chi connectivity index (χ2n) is 5.90. The second kappa shape index (κ2) is 6.75. The molecular formula is C16H17N3O3S. The van der Waals surface area contributed by atoms with Crippen LogP contribution in [0.1, 0.15) is 31.7 Å². The van der Waals surface area contributed by atoms with Crippen LogP contribution in [0.25, 0.3) is 10.2 Å². The predicted molar refractivity (Wildman–Crippen MR) is 87.2 cm³/mol. The number of nitrogens with one attached hydrogen (secondary N) is 1. The molecule has 2 rings (SSSR count). The zero-order valence-electron chi connectivity index (χ0n) is 13.1. The Bertz CT molecular complexity index is 738. The van der Waals surface area contributed by atoms with Crippen LogP contribution in [0.5, 0.6) is 0 Å². The molecule has 0 unspecified atom stereocenters. The molecule has 0 saturated heterocycles. The number of nitriles is 1. The van der Waals surface area contributed by atoms with E-state index in [2.05, 4.69) is 10.3 Å². The van der Waals surface area contributed by atoms with Crippen LogP contribution in [0.2, 0.25) is 0 Å². The Morgan fingerprint density at radius 1 is 1.39 bits per heavy atom. The van der Waals surface area contributed by atoms with Gasteiger partial charge in [-0.2, -0.15) is 5.26 Å². The van der Waals surface area contributed by atoms with Gasteiger partial charge < -0.3 is 10.1 Å². The van der Waals surface area contributed by atoms with Crippen LogP contribution in [0.3, 0.4) is 0 Å². The number of amides is 1. The van der Waals surface area contributed by atoms with E-state index >= 15 is 0 Å². The van der Waals surface area contributed by atoms with Gasteiger partial charge in [0.25, 0.3) is 0 Å². The number of nitrogens with zero attached hydrogens (tertiary/aromatic N) is 2. The highest BCUT2D eigenvalue weighted by Crippen LogP contribution is 2.27. The van der Waals surface area contributed by atoms with E-state index in [-0.39, 0.29) is 6.54 Å². The fourth-order valence-electron chi connectivity index (χ4n) is 1.85. The predicted octanol–water partition coefficient (Wildman–Crippen LogP) is 3.00. The van der Waals surface area contributed by atoms with E-state index in [0.717, 1.165) is 10.2 Å². The van der Waals surface area contributed by atoms with Crippen molar-refractivity contribution in [2.24, 2.45) is 0 Å². The van der Waals surface area contributed by atoms with Crippen LogP contribution in [-0.2, 0) is 9.53 Å². The van der Waals surface area contributed by atoms with Gasteiger partial charge in [0.1, 0.15) is 10.6 Å². The first kappa shape index (κ1) is 16.9. The van der Waals surface area contributed by atoms with Crippen LogP contribution in [0, 0.1) is 11.3 Å². The zero-order chi connectivity index (χ0) is 17.0. The highest BCUT2D eigenvalue weighted by molar-refractivity contribution is 7.18. The Balaban J connectivity index is 2.04. The Morgan fingerprint density at radius 2 is 2.09 bits per heavy atom. The molecule has 0 aliphatic heterocycles. The number of ether oxygens (including phenoxy) is 1. The maximum Gasteiger partial charge on any atom is 0.408 e. The highest BCUT2D eigenvalue weighted by Gasteiger charge is 2.25. The fourth-order valence-corrected chi connectivity index (χ4v) is 2.89. The van der Waals surface area contributed by atoms with Gasteiger partial charge in [-0.05, 0) is 32.9 Å². The normalized spacial score (nSPS) is 12.4. The number of para-hydroxylation sites is 1. The molecule has 0 aliphatic rings. The number of fused-ring (bicyclic) bond motifs is 1.